The van der Waals surface area contributed by atoms with E-state index in [0.717, 1.165) is 22.7 Å². The van der Waals surface area contributed by atoms with Gasteiger partial charge in [-0.15, -0.1) is 0 Å². The highest BCUT2D eigenvalue weighted by atomic mass is 127. The summed E-state index contributed by atoms with van der Waals surface area (Å²) in [6, 6.07) is 13.6. The van der Waals surface area contributed by atoms with Gasteiger partial charge in [0.1, 0.15) is 5.82 Å². The number of imide groups is 1. The van der Waals surface area contributed by atoms with Gasteiger partial charge in [-0.25, -0.2) is 9.18 Å². The van der Waals surface area contributed by atoms with Crippen LogP contribution in [-0.4, -0.2) is 28.6 Å². The third-order valence-electron chi connectivity index (χ3n) is 5.14. The molecule has 4 rings (SSSR count). The number of carbonyl (C=O) groups excluding carboxylic acids is 3. The minimum atomic E-state index is -0.641. The summed E-state index contributed by atoms with van der Waals surface area (Å²) < 4.78 is 25.2. The summed E-state index contributed by atoms with van der Waals surface area (Å²) in [6.45, 7) is 2.00. The van der Waals surface area contributed by atoms with Gasteiger partial charge in [-0.3, -0.25) is 14.5 Å². The molecule has 0 aliphatic carbocycles. The number of carbonyl (C=O) groups is 3. The summed E-state index contributed by atoms with van der Waals surface area (Å²) in [5.41, 5.74) is 1.22. The Morgan fingerprint density at radius 3 is 2.57 bits per heavy atom. The highest BCUT2D eigenvalue weighted by Crippen LogP contribution is 2.38. The van der Waals surface area contributed by atoms with Crippen LogP contribution in [0.2, 0.25) is 10.0 Å². The van der Waals surface area contributed by atoms with Crippen LogP contribution in [0.3, 0.4) is 0 Å². The first kappa shape index (κ1) is 27.4. The van der Waals surface area contributed by atoms with E-state index in [1.165, 1.54) is 12.1 Å². The monoisotopic (exact) mass is 671 g/mol. The first-order valence-electron chi connectivity index (χ1n) is 10.8. The van der Waals surface area contributed by atoms with E-state index in [4.69, 9.17) is 32.7 Å². The van der Waals surface area contributed by atoms with Crippen LogP contribution in [0, 0.1) is 9.39 Å². The number of halogens is 4. The highest BCUT2D eigenvalue weighted by molar-refractivity contribution is 14.1. The van der Waals surface area contributed by atoms with E-state index in [1.807, 2.05) is 22.6 Å². The van der Waals surface area contributed by atoms with Gasteiger partial charge in [0.15, 0.2) is 11.5 Å². The third kappa shape index (κ3) is 6.28. The van der Waals surface area contributed by atoms with E-state index in [2.05, 4.69) is 0 Å². The average Bonchev–Trinajstić information content (AvgIpc) is 3.10. The van der Waals surface area contributed by atoms with Gasteiger partial charge in [0, 0.05) is 5.02 Å². The zero-order valence-electron chi connectivity index (χ0n) is 19.1. The maximum atomic E-state index is 13.4. The Hall–Kier alpha value is -2.60. The molecule has 6 nitrogen and oxygen atoms in total. The van der Waals surface area contributed by atoms with E-state index in [1.54, 1.807) is 49.4 Å². The van der Waals surface area contributed by atoms with Crippen molar-refractivity contribution in [1.82, 2.24) is 4.90 Å². The fourth-order valence-electron chi connectivity index (χ4n) is 3.42. The molecule has 0 radical (unpaired) electrons. The van der Waals surface area contributed by atoms with Gasteiger partial charge in [-0.05, 0) is 94.9 Å². The van der Waals surface area contributed by atoms with Gasteiger partial charge in [0.2, 0.25) is 0 Å². The molecule has 3 aromatic carbocycles. The van der Waals surface area contributed by atoms with Gasteiger partial charge in [0.25, 0.3) is 11.1 Å². The second-order valence-corrected chi connectivity index (χ2v) is 10.6. The summed E-state index contributed by atoms with van der Waals surface area (Å²) in [7, 11) is 0. The minimum Gasteiger partial charge on any atom is -0.490 e. The summed E-state index contributed by atoms with van der Waals surface area (Å²) in [6.07, 6.45) is 1.56. The van der Waals surface area contributed by atoms with Crippen molar-refractivity contribution in [2.24, 2.45) is 0 Å². The Morgan fingerprint density at radius 2 is 1.86 bits per heavy atom. The molecule has 0 saturated carbocycles. The number of hydrogen-bond acceptors (Lipinski definition) is 6. The van der Waals surface area contributed by atoms with Gasteiger partial charge in [0.05, 0.1) is 32.2 Å². The predicted molar refractivity (Wildman–Crippen MR) is 150 cm³/mol. The summed E-state index contributed by atoms with van der Waals surface area (Å²) >= 11 is 15.0. The van der Waals surface area contributed by atoms with Gasteiger partial charge >= 0.3 is 5.97 Å². The lowest BCUT2D eigenvalue weighted by molar-refractivity contribution is -0.123. The van der Waals surface area contributed by atoms with E-state index >= 15 is 0 Å². The minimum absolute atomic E-state index is 0.0835. The quantitative estimate of drug-likeness (QED) is 0.112. The highest BCUT2D eigenvalue weighted by Gasteiger charge is 2.35. The Labute approximate surface area is 239 Å². The average molecular weight is 672 g/mol. The van der Waals surface area contributed by atoms with Crippen molar-refractivity contribution in [3.63, 3.8) is 0 Å². The molecule has 11 heteroatoms. The van der Waals surface area contributed by atoms with E-state index < -0.39 is 22.9 Å². The lowest BCUT2D eigenvalue weighted by atomic mass is 10.1. The van der Waals surface area contributed by atoms with Crippen molar-refractivity contribution in [2.75, 3.05) is 6.61 Å². The smallest absolute Gasteiger partial charge is 0.345 e. The lowest BCUT2D eigenvalue weighted by Gasteiger charge is -2.14. The molecule has 0 unspecified atom stereocenters. The Kier molecular flexibility index (Phi) is 8.79. The number of hydrogen-bond donors (Lipinski definition) is 0. The standard InChI is InChI=1S/C26H17Cl2FINO5S/c1-2-35-21-10-14(9-20(30)23(21)36-25(33)17-5-3-4-6-18(17)27)11-22-24(32)31(26(34)37-22)13-15-7-8-16(29)12-19(15)28/h3-12H,2,13H2,1H3/b22-11-. The molecule has 190 valence electrons. The second kappa shape index (κ2) is 11.8. The van der Waals surface area contributed by atoms with Crippen molar-refractivity contribution in [3.8, 4) is 11.5 Å². The van der Waals surface area contributed by atoms with Crippen molar-refractivity contribution >= 4 is 80.7 Å². The molecule has 0 spiro atoms. The first-order chi connectivity index (χ1) is 17.7. The second-order valence-electron chi connectivity index (χ2n) is 7.64. The Morgan fingerprint density at radius 1 is 1.11 bits per heavy atom. The predicted octanol–water partition coefficient (Wildman–Crippen LogP) is 7.59. The summed E-state index contributed by atoms with van der Waals surface area (Å²) in [5, 5.41) is -0.0859. The molecule has 0 aromatic heterocycles. The normalized spacial score (nSPS) is 14.4. The fourth-order valence-corrected chi connectivity index (χ4v) is 5.43. The molecule has 1 aliphatic heterocycles. The van der Waals surface area contributed by atoms with Crippen LogP contribution in [0.1, 0.15) is 28.4 Å². The Bertz CT molecular complexity index is 1450. The van der Waals surface area contributed by atoms with Gasteiger partial charge < -0.3 is 9.47 Å². The number of esters is 1. The van der Waals surface area contributed by atoms with Crippen LogP contribution in [0.15, 0.2) is 59.5 Å². The fraction of sp³-hybridized carbons (Fsp3) is 0.115. The molecule has 1 fully saturated rings. The molecular weight excluding hydrogens is 655 g/mol. The van der Waals surface area contributed by atoms with Crippen LogP contribution >= 0.6 is 57.6 Å². The van der Waals surface area contributed by atoms with Crippen LogP contribution < -0.4 is 9.47 Å². The lowest BCUT2D eigenvalue weighted by Crippen LogP contribution is -2.27. The van der Waals surface area contributed by atoms with Crippen molar-refractivity contribution < 1.29 is 28.2 Å². The van der Waals surface area contributed by atoms with Crippen molar-refractivity contribution in [1.29, 1.82) is 0 Å². The zero-order chi connectivity index (χ0) is 26.7. The van der Waals surface area contributed by atoms with Crippen LogP contribution in [0.5, 0.6) is 11.5 Å². The van der Waals surface area contributed by atoms with Crippen molar-refractivity contribution in [2.45, 2.75) is 13.5 Å². The zero-order valence-corrected chi connectivity index (χ0v) is 23.6. The number of ether oxygens (including phenoxy) is 2. The molecule has 2 amide bonds. The van der Waals surface area contributed by atoms with Gasteiger partial charge in [-0.1, -0.05) is 41.4 Å². The molecule has 0 N–H and O–H groups in total. The number of benzene rings is 3. The van der Waals surface area contributed by atoms with E-state index in [-0.39, 0.29) is 32.8 Å². The Balaban J connectivity index is 1.60. The molecule has 0 bridgehead atoms. The summed E-state index contributed by atoms with van der Waals surface area (Å²) in [5.74, 6) is -1.15. The number of thioether (sulfide) groups is 1. The maximum absolute atomic E-state index is 13.4. The van der Waals surface area contributed by atoms with Gasteiger partial charge in [-0.2, -0.15) is 0 Å². The molecule has 1 saturated heterocycles. The van der Waals surface area contributed by atoms with Crippen LogP contribution in [0.4, 0.5) is 9.18 Å². The molecular formula is C26H17Cl2FINO5S. The molecule has 1 aliphatic rings. The van der Waals surface area contributed by atoms with E-state index in [0.29, 0.717) is 27.1 Å². The van der Waals surface area contributed by atoms with Crippen LogP contribution in [-0.2, 0) is 11.3 Å². The van der Waals surface area contributed by atoms with Crippen LogP contribution in [0.25, 0.3) is 6.08 Å². The summed E-state index contributed by atoms with van der Waals surface area (Å²) in [4.78, 5) is 39.5. The third-order valence-corrected chi connectivity index (χ3v) is 7.53. The molecule has 37 heavy (non-hydrogen) atoms. The number of amides is 2. The SMILES string of the molecule is CCOc1cc(/C=C2\SC(=O)N(Cc3ccc(F)cc3Cl)C2=O)cc(I)c1OC(=O)c1ccccc1Cl. The molecule has 3 aromatic rings. The first-order valence-corrected chi connectivity index (χ1v) is 13.5. The molecule has 1 heterocycles. The number of nitrogens with zero attached hydrogens (tertiary/aromatic N) is 1. The molecule has 0 atom stereocenters. The maximum Gasteiger partial charge on any atom is 0.345 e. The van der Waals surface area contributed by atoms with Crippen molar-refractivity contribution in [3.05, 3.63) is 95.6 Å². The topological polar surface area (TPSA) is 72.9 Å². The largest absolute Gasteiger partial charge is 0.490 e. The number of rotatable bonds is 7. The van der Waals surface area contributed by atoms with E-state index in [9.17, 15) is 18.8 Å².